The fraction of sp³-hybridized carbons (Fsp3) is 0.450. The molecule has 3 N–H and O–H groups in total. The molecule has 0 aliphatic carbocycles. The molecule has 1 aliphatic rings. The average molecular weight is 458 g/mol. The first-order valence-corrected chi connectivity index (χ1v) is 10.1. The zero-order valence-electron chi connectivity index (χ0n) is 16.8. The maximum atomic E-state index is 13.4. The average Bonchev–Trinajstić information content (AvgIpc) is 2.73. The quantitative estimate of drug-likeness (QED) is 0.236. The number of methoxy groups -OCH3 is 2. The third-order valence-electron chi connectivity index (χ3n) is 4.94. The smallest absolute Gasteiger partial charge is 0.247 e. The molecule has 8 nitrogen and oxygen atoms in total. The molecule has 3 amide bonds. The van der Waals surface area contributed by atoms with E-state index in [0.717, 1.165) is 0 Å². The van der Waals surface area contributed by atoms with Crippen molar-refractivity contribution in [3.63, 3.8) is 0 Å². The number of nitrogens with zero attached hydrogens (tertiary/aromatic N) is 1. The number of rotatable bonds is 10. The van der Waals surface area contributed by atoms with E-state index in [9.17, 15) is 14.4 Å². The second-order valence-corrected chi connectivity index (χ2v) is 7.59. The number of carbonyl (C=O) groups excluding carboxylic acids is 3. The number of hydrogen-bond donors (Lipinski definition) is 2. The predicted molar refractivity (Wildman–Crippen MR) is 113 cm³/mol. The Labute approximate surface area is 185 Å². The zero-order valence-corrected chi connectivity index (χ0v) is 18.3. The number of hydrogen-bond acceptors (Lipinski definition) is 5. The van der Waals surface area contributed by atoms with Crippen LogP contribution >= 0.6 is 23.2 Å². The summed E-state index contributed by atoms with van der Waals surface area (Å²) in [6, 6.07) is 5.82. The van der Waals surface area contributed by atoms with Crippen molar-refractivity contribution in [2.75, 3.05) is 33.2 Å². The van der Waals surface area contributed by atoms with E-state index in [0.29, 0.717) is 10.6 Å². The van der Waals surface area contributed by atoms with Crippen LogP contribution in [0.25, 0.3) is 0 Å². The van der Waals surface area contributed by atoms with Crippen LogP contribution in [-0.4, -0.2) is 68.1 Å². The lowest BCUT2D eigenvalue weighted by atomic mass is 9.76. The third-order valence-corrected chi connectivity index (χ3v) is 5.36. The molecule has 1 aromatic rings. The molecule has 0 fully saturated rings. The molecule has 10 heteroatoms. The Morgan fingerprint density at radius 3 is 2.43 bits per heavy atom. The maximum absolute atomic E-state index is 13.4. The summed E-state index contributed by atoms with van der Waals surface area (Å²) in [5.41, 5.74) is 4.73. The summed E-state index contributed by atoms with van der Waals surface area (Å²) in [6.07, 6.45) is 2.31. The Morgan fingerprint density at radius 1 is 1.27 bits per heavy atom. The van der Waals surface area contributed by atoms with Crippen molar-refractivity contribution < 1.29 is 23.9 Å². The molecule has 164 valence electrons. The van der Waals surface area contributed by atoms with E-state index in [-0.39, 0.29) is 25.4 Å². The summed E-state index contributed by atoms with van der Waals surface area (Å²) in [5.74, 6) is -1.76. The van der Waals surface area contributed by atoms with Crippen molar-refractivity contribution in [3.8, 4) is 0 Å². The van der Waals surface area contributed by atoms with Crippen molar-refractivity contribution in [3.05, 3.63) is 47.0 Å². The Hall–Kier alpha value is -2.13. The summed E-state index contributed by atoms with van der Waals surface area (Å²) in [6.45, 7) is 0.154. The van der Waals surface area contributed by atoms with Crippen LogP contribution in [0.2, 0.25) is 5.02 Å². The summed E-state index contributed by atoms with van der Waals surface area (Å²) >= 11 is 11.8. The fourth-order valence-electron chi connectivity index (χ4n) is 3.26. The van der Waals surface area contributed by atoms with Gasteiger partial charge in [-0.2, -0.15) is 0 Å². The molecule has 30 heavy (non-hydrogen) atoms. The van der Waals surface area contributed by atoms with E-state index < -0.39 is 35.5 Å². The van der Waals surface area contributed by atoms with Gasteiger partial charge in [-0.15, -0.1) is 11.6 Å². The molecule has 1 aliphatic heterocycles. The minimum absolute atomic E-state index is 0.0391. The lowest BCUT2D eigenvalue weighted by Crippen LogP contribution is -2.60. The normalized spacial score (nSPS) is 21.2. The number of nitrogens with two attached hydrogens (primary N) is 1. The number of ether oxygens (including phenoxy) is 2. The van der Waals surface area contributed by atoms with E-state index in [4.69, 9.17) is 38.4 Å². The SMILES string of the molecule is COC(CNC(=O)C1C=CC(Cc2ccc(Cl)cc2)(C(N)=O)C(=O)N1CCCl)OC. The van der Waals surface area contributed by atoms with Crippen LogP contribution in [0.15, 0.2) is 36.4 Å². The number of primary amides is 1. The van der Waals surface area contributed by atoms with Crippen LogP contribution in [-0.2, 0) is 30.3 Å². The van der Waals surface area contributed by atoms with Gasteiger partial charge >= 0.3 is 0 Å². The Morgan fingerprint density at radius 2 is 1.90 bits per heavy atom. The van der Waals surface area contributed by atoms with Crippen LogP contribution in [0.3, 0.4) is 0 Å². The summed E-state index contributed by atoms with van der Waals surface area (Å²) in [5, 5.41) is 3.20. The number of halogens is 2. The van der Waals surface area contributed by atoms with Gasteiger partial charge in [0.1, 0.15) is 11.5 Å². The lowest BCUT2D eigenvalue weighted by molar-refractivity contribution is -0.151. The van der Waals surface area contributed by atoms with Crippen LogP contribution < -0.4 is 11.1 Å². The van der Waals surface area contributed by atoms with Gasteiger partial charge in [-0.1, -0.05) is 35.9 Å². The second kappa shape index (κ2) is 10.8. The lowest BCUT2D eigenvalue weighted by Gasteiger charge is -2.40. The van der Waals surface area contributed by atoms with Crippen LogP contribution in [0.1, 0.15) is 5.56 Å². The van der Waals surface area contributed by atoms with Crippen molar-refractivity contribution in [2.24, 2.45) is 11.1 Å². The maximum Gasteiger partial charge on any atom is 0.247 e. The predicted octanol–water partition coefficient (Wildman–Crippen LogP) is 1.10. The molecule has 0 saturated carbocycles. The van der Waals surface area contributed by atoms with Gasteiger partial charge in [0, 0.05) is 31.7 Å². The highest BCUT2D eigenvalue weighted by molar-refractivity contribution is 6.30. The number of nitrogens with one attached hydrogen (secondary N) is 1. The van der Waals surface area contributed by atoms with Gasteiger partial charge in [-0.05, 0) is 24.1 Å². The van der Waals surface area contributed by atoms with Crippen molar-refractivity contribution in [1.29, 1.82) is 0 Å². The third kappa shape index (κ3) is 5.31. The fourth-order valence-corrected chi connectivity index (χ4v) is 3.57. The van der Waals surface area contributed by atoms with Gasteiger partial charge in [0.25, 0.3) is 0 Å². The van der Waals surface area contributed by atoms with E-state index in [1.165, 1.54) is 31.3 Å². The first-order chi connectivity index (χ1) is 14.3. The largest absolute Gasteiger partial charge is 0.368 e. The molecule has 1 heterocycles. The number of benzene rings is 1. The summed E-state index contributed by atoms with van der Waals surface area (Å²) in [7, 11) is 2.89. The highest BCUT2D eigenvalue weighted by Crippen LogP contribution is 2.33. The summed E-state index contributed by atoms with van der Waals surface area (Å²) < 4.78 is 10.1. The molecule has 0 radical (unpaired) electrons. The highest BCUT2D eigenvalue weighted by Gasteiger charge is 2.49. The number of amides is 3. The highest BCUT2D eigenvalue weighted by atomic mass is 35.5. The van der Waals surface area contributed by atoms with Crippen molar-refractivity contribution in [2.45, 2.75) is 18.8 Å². The van der Waals surface area contributed by atoms with Gasteiger partial charge in [0.15, 0.2) is 6.29 Å². The van der Waals surface area contributed by atoms with E-state index in [1.54, 1.807) is 24.3 Å². The van der Waals surface area contributed by atoms with Gasteiger partial charge in [0.05, 0.1) is 6.54 Å². The minimum atomic E-state index is -1.63. The van der Waals surface area contributed by atoms with Gasteiger partial charge in [-0.25, -0.2) is 0 Å². The van der Waals surface area contributed by atoms with Gasteiger partial charge in [-0.3, -0.25) is 14.4 Å². The van der Waals surface area contributed by atoms with E-state index >= 15 is 0 Å². The number of alkyl halides is 1. The second-order valence-electron chi connectivity index (χ2n) is 6.78. The van der Waals surface area contributed by atoms with Crippen LogP contribution in [0, 0.1) is 5.41 Å². The Kier molecular flexibility index (Phi) is 8.66. The molecule has 2 rings (SSSR count). The Balaban J connectivity index is 2.32. The molecule has 0 bridgehead atoms. The molecule has 0 saturated heterocycles. The molecule has 1 aromatic carbocycles. The zero-order chi connectivity index (χ0) is 22.3. The van der Waals surface area contributed by atoms with E-state index in [2.05, 4.69) is 5.32 Å². The first kappa shape index (κ1) is 24.1. The van der Waals surface area contributed by atoms with Gasteiger partial charge < -0.3 is 25.4 Å². The van der Waals surface area contributed by atoms with Crippen molar-refractivity contribution >= 4 is 40.9 Å². The minimum Gasteiger partial charge on any atom is -0.368 e. The van der Waals surface area contributed by atoms with Crippen LogP contribution in [0.4, 0.5) is 0 Å². The molecule has 2 atom stereocenters. The molecular formula is C20H25Cl2N3O5. The molecular weight excluding hydrogens is 433 g/mol. The molecule has 0 spiro atoms. The van der Waals surface area contributed by atoms with E-state index in [1.807, 2.05) is 0 Å². The number of carbonyl (C=O) groups is 3. The monoisotopic (exact) mass is 457 g/mol. The summed E-state index contributed by atoms with van der Waals surface area (Å²) in [4.78, 5) is 39.7. The van der Waals surface area contributed by atoms with Gasteiger partial charge in [0.2, 0.25) is 17.7 Å². The van der Waals surface area contributed by atoms with Crippen LogP contribution in [0.5, 0.6) is 0 Å². The first-order valence-electron chi connectivity index (χ1n) is 9.23. The van der Waals surface area contributed by atoms with Crippen molar-refractivity contribution in [1.82, 2.24) is 10.2 Å². The molecule has 0 aromatic heterocycles. The Bertz CT molecular complexity index is 798. The molecule has 2 unspecified atom stereocenters. The topological polar surface area (TPSA) is 111 Å². The standard InChI is InChI=1S/C20H25Cl2N3O5/c1-29-16(30-2)12-24-17(26)15-7-8-20(18(23)27,19(28)25(15)10-9-21)11-13-3-5-14(22)6-4-13/h3-8,15-16H,9-12H2,1-2H3,(H2,23,27)(H,24,26).